The van der Waals surface area contributed by atoms with Gasteiger partial charge in [0.1, 0.15) is 6.54 Å². The maximum atomic E-state index is 12.4. The molecule has 110 valence electrons. The maximum absolute atomic E-state index is 12.4. The molecule has 2 rings (SSSR count). The van der Waals surface area contributed by atoms with Crippen molar-refractivity contribution in [3.8, 4) is 5.69 Å². The SMILES string of the molecule is CCCN(CC(=O)O)C(=O)c1cccc(-n2cccc2)c1. The molecule has 0 unspecified atom stereocenters. The fourth-order valence-corrected chi connectivity index (χ4v) is 2.17. The van der Waals surface area contributed by atoms with Gasteiger partial charge in [0.2, 0.25) is 0 Å². The Labute approximate surface area is 123 Å². The van der Waals surface area contributed by atoms with Crippen LogP contribution in [0, 0.1) is 0 Å². The third-order valence-electron chi connectivity index (χ3n) is 3.10. The van der Waals surface area contributed by atoms with E-state index in [0.717, 1.165) is 12.1 Å². The first-order valence-electron chi connectivity index (χ1n) is 6.86. The van der Waals surface area contributed by atoms with Gasteiger partial charge in [-0.2, -0.15) is 0 Å². The highest BCUT2D eigenvalue weighted by atomic mass is 16.4. The van der Waals surface area contributed by atoms with E-state index in [2.05, 4.69) is 0 Å². The molecule has 21 heavy (non-hydrogen) atoms. The molecule has 0 spiro atoms. The number of nitrogens with zero attached hydrogens (tertiary/aromatic N) is 2. The summed E-state index contributed by atoms with van der Waals surface area (Å²) in [4.78, 5) is 24.7. The number of carboxylic acid groups (broad SMARTS) is 1. The lowest BCUT2D eigenvalue weighted by Crippen LogP contribution is -2.36. The number of benzene rings is 1. The Morgan fingerprint density at radius 2 is 1.90 bits per heavy atom. The van der Waals surface area contributed by atoms with Crippen LogP contribution in [0.4, 0.5) is 0 Å². The fraction of sp³-hybridized carbons (Fsp3) is 0.250. The molecule has 0 radical (unpaired) electrons. The lowest BCUT2D eigenvalue weighted by molar-refractivity contribution is -0.137. The van der Waals surface area contributed by atoms with Crippen LogP contribution in [0.3, 0.4) is 0 Å². The van der Waals surface area contributed by atoms with E-state index >= 15 is 0 Å². The topological polar surface area (TPSA) is 62.5 Å². The van der Waals surface area contributed by atoms with Crippen LogP contribution in [0.1, 0.15) is 23.7 Å². The van der Waals surface area contributed by atoms with E-state index in [1.54, 1.807) is 18.2 Å². The molecule has 1 aromatic carbocycles. The smallest absolute Gasteiger partial charge is 0.323 e. The van der Waals surface area contributed by atoms with Gasteiger partial charge in [-0.05, 0) is 36.8 Å². The second-order valence-electron chi connectivity index (χ2n) is 4.76. The zero-order valence-electron chi connectivity index (χ0n) is 11.9. The van der Waals surface area contributed by atoms with Gasteiger partial charge < -0.3 is 14.6 Å². The quantitative estimate of drug-likeness (QED) is 0.887. The number of hydrogen-bond donors (Lipinski definition) is 1. The van der Waals surface area contributed by atoms with Gasteiger partial charge in [-0.25, -0.2) is 0 Å². The van der Waals surface area contributed by atoms with Crippen LogP contribution < -0.4 is 0 Å². The average molecular weight is 286 g/mol. The zero-order valence-corrected chi connectivity index (χ0v) is 11.9. The van der Waals surface area contributed by atoms with Crippen LogP contribution in [0.5, 0.6) is 0 Å². The van der Waals surface area contributed by atoms with Crippen LogP contribution in [-0.2, 0) is 4.79 Å². The highest BCUT2D eigenvalue weighted by Crippen LogP contribution is 2.13. The Morgan fingerprint density at radius 1 is 1.19 bits per heavy atom. The second kappa shape index (κ2) is 6.74. The molecule has 0 aliphatic carbocycles. The number of carbonyl (C=O) groups is 2. The predicted molar refractivity (Wildman–Crippen MR) is 79.6 cm³/mol. The Bertz CT molecular complexity index is 620. The molecule has 0 saturated heterocycles. The van der Waals surface area contributed by atoms with Crippen molar-refractivity contribution in [3.05, 3.63) is 54.4 Å². The number of carbonyl (C=O) groups excluding carboxylic acids is 1. The van der Waals surface area contributed by atoms with Crippen molar-refractivity contribution >= 4 is 11.9 Å². The second-order valence-corrected chi connectivity index (χ2v) is 4.76. The van der Waals surface area contributed by atoms with Crippen LogP contribution in [0.15, 0.2) is 48.8 Å². The highest BCUT2D eigenvalue weighted by molar-refractivity contribution is 5.96. The fourth-order valence-electron chi connectivity index (χ4n) is 2.17. The van der Waals surface area contributed by atoms with Gasteiger partial charge in [0.25, 0.3) is 5.91 Å². The average Bonchev–Trinajstić information content (AvgIpc) is 3.00. The largest absolute Gasteiger partial charge is 0.480 e. The van der Waals surface area contributed by atoms with Gasteiger partial charge in [-0.15, -0.1) is 0 Å². The number of hydrogen-bond acceptors (Lipinski definition) is 2. The molecule has 0 aliphatic heterocycles. The van der Waals surface area contributed by atoms with Crippen molar-refractivity contribution in [3.63, 3.8) is 0 Å². The third-order valence-corrected chi connectivity index (χ3v) is 3.10. The van der Waals surface area contributed by atoms with Gasteiger partial charge >= 0.3 is 5.97 Å². The van der Waals surface area contributed by atoms with Gasteiger partial charge in [0.05, 0.1) is 0 Å². The van der Waals surface area contributed by atoms with E-state index in [4.69, 9.17) is 5.11 Å². The minimum Gasteiger partial charge on any atom is -0.480 e. The molecule has 1 amide bonds. The van der Waals surface area contributed by atoms with E-state index in [0.29, 0.717) is 12.1 Å². The molecule has 0 fully saturated rings. The molecule has 0 aliphatic rings. The number of aromatic nitrogens is 1. The van der Waals surface area contributed by atoms with Crippen molar-refractivity contribution in [1.82, 2.24) is 9.47 Å². The highest BCUT2D eigenvalue weighted by Gasteiger charge is 2.18. The standard InChI is InChI=1S/C16H18N2O3/c1-2-8-18(12-15(19)20)16(21)13-6-5-7-14(11-13)17-9-3-4-10-17/h3-7,9-11H,2,8,12H2,1H3,(H,19,20). The first-order valence-corrected chi connectivity index (χ1v) is 6.86. The molecule has 0 saturated carbocycles. The Kier molecular flexibility index (Phi) is 4.77. The van der Waals surface area contributed by atoms with Crippen molar-refractivity contribution in [2.75, 3.05) is 13.1 Å². The minimum atomic E-state index is -1.00. The van der Waals surface area contributed by atoms with E-state index in [1.165, 1.54) is 4.90 Å². The first kappa shape index (κ1) is 14.8. The van der Waals surface area contributed by atoms with Gasteiger partial charge in [0, 0.05) is 30.2 Å². The number of aliphatic carboxylic acids is 1. The molecule has 1 N–H and O–H groups in total. The summed E-state index contributed by atoms with van der Waals surface area (Å²) in [5, 5.41) is 8.91. The Hall–Kier alpha value is -2.56. The van der Waals surface area contributed by atoms with Gasteiger partial charge in [0.15, 0.2) is 0 Å². The zero-order chi connectivity index (χ0) is 15.2. The number of amides is 1. The molecular formula is C16H18N2O3. The van der Waals surface area contributed by atoms with Crippen LogP contribution in [-0.4, -0.2) is 39.5 Å². The first-order chi connectivity index (χ1) is 10.1. The van der Waals surface area contributed by atoms with Crippen LogP contribution >= 0.6 is 0 Å². The molecule has 1 heterocycles. The summed E-state index contributed by atoms with van der Waals surface area (Å²) in [6, 6.07) is 11.0. The van der Waals surface area contributed by atoms with E-state index in [-0.39, 0.29) is 12.5 Å². The minimum absolute atomic E-state index is 0.256. The maximum Gasteiger partial charge on any atom is 0.323 e. The number of rotatable bonds is 6. The van der Waals surface area contributed by atoms with E-state index < -0.39 is 5.97 Å². The van der Waals surface area contributed by atoms with Crippen LogP contribution in [0.2, 0.25) is 0 Å². The summed E-state index contributed by atoms with van der Waals surface area (Å²) in [6.07, 6.45) is 4.51. The summed E-state index contributed by atoms with van der Waals surface area (Å²) in [6.45, 7) is 2.07. The normalized spacial score (nSPS) is 10.3. The van der Waals surface area contributed by atoms with E-state index in [1.807, 2.05) is 42.1 Å². The summed E-state index contributed by atoms with van der Waals surface area (Å²) < 4.78 is 1.90. The van der Waals surface area contributed by atoms with Gasteiger partial charge in [-0.3, -0.25) is 9.59 Å². The number of carboxylic acids is 1. The summed E-state index contributed by atoms with van der Waals surface area (Å²) in [7, 11) is 0. The van der Waals surface area contributed by atoms with Crippen molar-refractivity contribution in [1.29, 1.82) is 0 Å². The summed E-state index contributed by atoms with van der Waals surface area (Å²) in [5.41, 5.74) is 1.37. The lowest BCUT2D eigenvalue weighted by atomic mass is 10.1. The van der Waals surface area contributed by atoms with E-state index in [9.17, 15) is 9.59 Å². The lowest BCUT2D eigenvalue weighted by Gasteiger charge is -2.20. The predicted octanol–water partition coefficient (Wildman–Crippen LogP) is 2.41. The molecule has 5 heteroatoms. The third kappa shape index (κ3) is 3.72. The van der Waals surface area contributed by atoms with Gasteiger partial charge in [-0.1, -0.05) is 13.0 Å². The van der Waals surface area contributed by atoms with Crippen molar-refractivity contribution in [2.45, 2.75) is 13.3 Å². The molecule has 1 aromatic heterocycles. The summed E-state index contributed by atoms with van der Waals surface area (Å²) in [5.74, 6) is -1.26. The molecular weight excluding hydrogens is 268 g/mol. The summed E-state index contributed by atoms with van der Waals surface area (Å²) >= 11 is 0. The van der Waals surface area contributed by atoms with Crippen molar-refractivity contribution in [2.24, 2.45) is 0 Å². The molecule has 5 nitrogen and oxygen atoms in total. The Balaban J connectivity index is 2.25. The van der Waals surface area contributed by atoms with Crippen molar-refractivity contribution < 1.29 is 14.7 Å². The molecule has 2 aromatic rings. The Morgan fingerprint density at radius 3 is 2.52 bits per heavy atom. The molecule has 0 bridgehead atoms. The molecule has 0 atom stereocenters. The van der Waals surface area contributed by atoms with Crippen LogP contribution in [0.25, 0.3) is 5.69 Å². The monoisotopic (exact) mass is 286 g/mol.